The summed E-state index contributed by atoms with van der Waals surface area (Å²) in [5, 5.41) is 3.85. The Kier molecular flexibility index (Phi) is 4.55. The number of hydrogen-bond acceptors (Lipinski definition) is 3. The highest BCUT2D eigenvalue weighted by Gasteiger charge is 2.40. The second-order valence-electron chi connectivity index (χ2n) is 6.50. The Labute approximate surface area is 131 Å². The van der Waals surface area contributed by atoms with Gasteiger partial charge in [0.25, 0.3) is 5.91 Å². The van der Waals surface area contributed by atoms with Crippen LogP contribution in [0.4, 0.5) is 0 Å². The van der Waals surface area contributed by atoms with Gasteiger partial charge < -0.3 is 5.32 Å². The van der Waals surface area contributed by atoms with E-state index in [0.29, 0.717) is 5.11 Å². The van der Waals surface area contributed by atoms with Gasteiger partial charge >= 0.3 is 0 Å². The number of nitrogens with one attached hydrogen (secondary N) is 1. The lowest BCUT2D eigenvalue weighted by atomic mass is 9.86. The number of carbonyl (C=O) groups is 1. The van der Waals surface area contributed by atoms with E-state index >= 15 is 0 Å². The lowest BCUT2D eigenvalue weighted by molar-refractivity contribution is -0.127. The number of hydrogen-bond donors (Lipinski definition) is 1. The highest BCUT2D eigenvalue weighted by atomic mass is 32.2. The fraction of sp³-hybridized carbons (Fsp3) is 0.867. The molecule has 1 saturated heterocycles. The van der Waals surface area contributed by atoms with Crippen LogP contribution in [0.3, 0.4) is 0 Å². The lowest BCUT2D eigenvalue weighted by Gasteiger charge is -2.24. The molecule has 2 saturated carbocycles. The first-order valence-corrected chi connectivity index (χ1v) is 9.60. The second-order valence-corrected chi connectivity index (χ2v) is 7.87. The van der Waals surface area contributed by atoms with Gasteiger partial charge in [0.05, 0.1) is 0 Å². The highest BCUT2D eigenvalue weighted by Crippen LogP contribution is 2.49. The topological polar surface area (TPSA) is 32.3 Å². The Morgan fingerprint density at radius 3 is 2.85 bits per heavy atom. The first-order valence-electron chi connectivity index (χ1n) is 7.80. The summed E-state index contributed by atoms with van der Waals surface area (Å²) in [6, 6.07) is -0.0741. The van der Waals surface area contributed by atoms with E-state index in [9.17, 15) is 4.79 Å². The maximum atomic E-state index is 12.4. The van der Waals surface area contributed by atoms with Gasteiger partial charge in [0.2, 0.25) is 0 Å². The third kappa shape index (κ3) is 2.84. The Morgan fingerprint density at radius 2 is 2.20 bits per heavy atom. The van der Waals surface area contributed by atoms with Crippen molar-refractivity contribution in [3.05, 3.63) is 0 Å². The molecule has 20 heavy (non-hydrogen) atoms. The van der Waals surface area contributed by atoms with E-state index in [2.05, 4.69) is 11.6 Å². The largest absolute Gasteiger partial charge is 0.350 e. The van der Waals surface area contributed by atoms with Crippen LogP contribution in [0, 0.1) is 17.8 Å². The molecular formula is C15H24N2OS2. The molecule has 112 valence electrons. The predicted molar refractivity (Wildman–Crippen MR) is 87.8 cm³/mol. The van der Waals surface area contributed by atoms with Crippen molar-refractivity contribution in [2.75, 3.05) is 18.6 Å². The molecule has 0 aromatic carbocycles. The third-order valence-electron chi connectivity index (χ3n) is 5.33. The standard InChI is InChI=1S/C15H24N2OS2/c1-20-7-5-13-14(18)17(15(19)16-13)6-4-12-9-10-2-3-11(12)8-10/h10-13H,2-9H2,1H3,(H,16,19). The number of carbonyl (C=O) groups excluding carboxylic acids is 1. The zero-order valence-electron chi connectivity index (χ0n) is 12.1. The normalized spacial score (nSPS) is 36.0. The van der Waals surface area contributed by atoms with Crippen LogP contribution < -0.4 is 5.32 Å². The smallest absolute Gasteiger partial charge is 0.251 e. The zero-order valence-corrected chi connectivity index (χ0v) is 13.8. The molecule has 1 N–H and O–H groups in total. The van der Waals surface area contributed by atoms with E-state index < -0.39 is 0 Å². The molecule has 3 rings (SSSR count). The van der Waals surface area contributed by atoms with Gasteiger partial charge in [0.15, 0.2) is 5.11 Å². The minimum atomic E-state index is -0.0741. The van der Waals surface area contributed by atoms with E-state index in [1.165, 1.54) is 25.7 Å². The van der Waals surface area contributed by atoms with Crippen molar-refractivity contribution in [3.63, 3.8) is 0 Å². The number of thioether (sulfide) groups is 1. The summed E-state index contributed by atoms with van der Waals surface area (Å²) in [5.74, 6) is 3.97. The van der Waals surface area contributed by atoms with Crippen LogP contribution >= 0.6 is 24.0 Å². The quantitative estimate of drug-likeness (QED) is 0.764. The van der Waals surface area contributed by atoms with Gasteiger partial charge in [-0.05, 0) is 74.1 Å². The summed E-state index contributed by atoms with van der Waals surface area (Å²) in [4.78, 5) is 14.2. The molecule has 3 nitrogen and oxygen atoms in total. The van der Waals surface area contributed by atoms with Crippen LogP contribution in [0.15, 0.2) is 0 Å². The molecule has 5 heteroatoms. The number of nitrogens with zero attached hydrogens (tertiary/aromatic N) is 1. The molecule has 4 unspecified atom stereocenters. The highest BCUT2D eigenvalue weighted by molar-refractivity contribution is 7.98. The fourth-order valence-corrected chi connectivity index (χ4v) is 5.04. The van der Waals surface area contributed by atoms with Gasteiger partial charge in [-0.15, -0.1) is 0 Å². The van der Waals surface area contributed by atoms with Gasteiger partial charge in [0, 0.05) is 6.54 Å². The summed E-state index contributed by atoms with van der Waals surface area (Å²) in [5.41, 5.74) is 0. The molecule has 3 fully saturated rings. The van der Waals surface area contributed by atoms with Crippen LogP contribution in [0.25, 0.3) is 0 Å². The molecule has 0 aromatic rings. The van der Waals surface area contributed by atoms with E-state index in [1.54, 1.807) is 11.8 Å². The van der Waals surface area contributed by atoms with Gasteiger partial charge in [-0.1, -0.05) is 6.42 Å². The molecular weight excluding hydrogens is 288 g/mol. The number of fused-ring (bicyclic) bond motifs is 2. The Balaban J connectivity index is 1.50. The number of thiocarbonyl (C=S) groups is 1. The predicted octanol–water partition coefficient (Wildman–Crippen LogP) is 2.65. The van der Waals surface area contributed by atoms with Crippen molar-refractivity contribution >= 4 is 35.0 Å². The number of amides is 1. The van der Waals surface area contributed by atoms with Crippen LogP contribution in [0.2, 0.25) is 0 Å². The van der Waals surface area contributed by atoms with Crippen molar-refractivity contribution in [1.29, 1.82) is 0 Å². The van der Waals surface area contributed by atoms with Crippen molar-refractivity contribution < 1.29 is 4.79 Å². The molecule has 0 radical (unpaired) electrons. The van der Waals surface area contributed by atoms with E-state index in [-0.39, 0.29) is 11.9 Å². The molecule has 3 aliphatic rings. The van der Waals surface area contributed by atoms with Crippen molar-refractivity contribution in [2.45, 2.75) is 44.6 Å². The Hall–Kier alpha value is -0.290. The van der Waals surface area contributed by atoms with Crippen molar-refractivity contribution in [2.24, 2.45) is 17.8 Å². The van der Waals surface area contributed by atoms with Crippen LogP contribution in [-0.2, 0) is 4.79 Å². The lowest BCUT2D eigenvalue weighted by Crippen LogP contribution is -2.33. The molecule has 0 spiro atoms. The van der Waals surface area contributed by atoms with Crippen molar-refractivity contribution in [1.82, 2.24) is 10.2 Å². The Bertz CT molecular complexity index is 401. The third-order valence-corrected chi connectivity index (χ3v) is 6.31. The zero-order chi connectivity index (χ0) is 14.1. The molecule has 2 bridgehead atoms. The van der Waals surface area contributed by atoms with Gasteiger partial charge in [-0.25, -0.2) is 0 Å². The summed E-state index contributed by atoms with van der Waals surface area (Å²) in [6.45, 7) is 0.828. The minimum Gasteiger partial charge on any atom is -0.350 e. The van der Waals surface area contributed by atoms with E-state index in [0.717, 1.165) is 42.9 Å². The summed E-state index contributed by atoms with van der Waals surface area (Å²) in [6.07, 6.45) is 9.79. The first kappa shape index (κ1) is 14.6. The summed E-state index contributed by atoms with van der Waals surface area (Å²) >= 11 is 7.12. The minimum absolute atomic E-state index is 0.0741. The molecule has 1 aliphatic heterocycles. The van der Waals surface area contributed by atoms with E-state index in [1.807, 2.05) is 4.90 Å². The molecule has 2 aliphatic carbocycles. The molecule has 1 amide bonds. The molecule has 0 aromatic heterocycles. The first-order chi connectivity index (χ1) is 9.69. The maximum absolute atomic E-state index is 12.4. The summed E-state index contributed by atoms with van der Waals surface area (Å²) < 4.78 is 0. The van der Waals surface area contributed by atoms with Gasteiger partial charge in [-0.2, -0.15) is 11.8 Å². The average molecular weight is 313 g/mol. The van der Waals surface area contributed by atoms with Crippen LogP contribution in [0.1, 0.15) is 38.5 Å². The summed E-state index contributed by atoms with van der Waals surface area (Å²) in [7, 11) is 0. The fourth-order valence-electron chi connectivity index (χ4n) is 4.24. The van der Waals surface area contributed by atoms with Crippen LogP contribution in [0.5, 0.6) is 0 Å². The van der Waals surface area contributed by atoms with Crippen molar-refractivity contribution in [3.8, 4) is 0 Å². The van der Waals surface area contributed by atoms with Crippen LogP contribution in [-0.4, -0.2) is 40.5 Å². The maximum Gasteiger partial charge on any atom is 0.251 e. The molecule has 4 atom stereocenters. The monoisotopic (exact) mass is 312 g/mol. The Morgan fingerprint density at radius 1 is 1.35 bits per heavy atom. The number of rotatable bonds is 6. The molecule has 1 heterocycles. The average Bonchev–Trinajstić information content (AvgIpc) is 3.11. The van der Waals surface area contributed by atoms with E-state index in [4.69, 9.17) is 12.2 Å². The SMILES string of the molecule is CSCCC1NC(=S)N(CCC2CC3CCC2C3)C1=O. The van der Waals surface area contributed by atoms with Gasteiger partial charge in [-0.3, -0.25) is 9.69 Å². The second kappa shape index (κ2) is 6.22. The van der Waals surface area contributed by atoms with Gasteiger partial charge in [0.1, 0.15) is 6.04 Å².